The number of allylic oxidation sites excluding steroid dienone is 1. The smallest absolute Gasteiger partial charge is 0.324 e. The van der Waals surface area contributed by atoms with Crippen LogP contribution in [0.2, 0.25) is 0 Å². The molecule has 0 bridgehead atoms. The van der Waals surface area contributed by atoms with Gasteiger partial charge in [0.15, 0.2) is 0 Å². The number of nitrogens with zero attached hydrogens (tertiary/aromatic N) is 2. The van der Waals surface area contributed by atoms with Crippen LogP contribution in [0.5, 0.6) is 0 Å². The third kappa shape index (κ3) is 3.47. The van der Waals surface area contributed by atoms with Crippen LogP contribution in [-0.4, -0.2) is 41.4 Å². The molecule has 0 atom stereocenters. The molecule has 0 spiro atoms. The SMILES string of the molecule is CCN1CCCN(C(=O)/C=C/Cc2ccccc2)C1=O. The van der Waals surface area contributed by atoms with Crippen LogP contribution >= 0.6 is 0 Å². The standard InChI is InChI=1S/C16H20N2O2/c1-2-17-12-7-13-18(16(17)20)15(19)11-6-10-14-8-4-3-5-9-14/h3-6,8-9,11H,2,7,10,12-13H2,1H3/b11-6+. The van der Waals surface area contributed by atoms with Gasteiger partial charge in [-0.15, -0.1) is 0 Å². The Hall–Kier alpha value is -2.10. The quantitative estimate of drug-likeness (QED) is 0.790. The van der Waals surface area contributed by atoms with Crippen LogP contribution in [0, 0.1) is 0 Å². The van der Waals surface area contributed by atoms with Crippen LogP contribution in [0.4, 0.5) is 4.79 Å². The second-order valence-corrected chi connectivity index (χ2v) is 4.80. The Morgan fingerprint density at radius 3 is 2.70 bits per heavy atom. The van der Waals surface area contributed by atoms with E-state index in [1.54, 1.807) is 4.90 Å². The molecule has 0 unspecified atom stereocenters. The molecule has 1 heterocycles. The Kier molecular flexibility index (Phi) is 4.93. The molecule has 1 aromatic carbocycles. The van der Waals surface area contributed by atoms with E-state index in [-0.39, 0.29) is 11.9 Å². The normalized spacial score (nSPS) is 15.9. The lowest BCUT2D eigenvalue weighted by molar-refractivity contribution is -0.124. The largest absolute Gasteiger partial charge is 0.326 e. The number of rotatable bonds is 4. The molecular weight excluding hydrogens is 252 g/mol. The highest BCUT2D eigenvalue weighted by molar-refractivity contribution is 6.00. The third-order valence-electron chi connectivity index (χ3n) is 3.42. The minimum Gasteiger partial charge on any atom is -0.324 e. The minimum atomic E-state index is -0.218. The lowest BCUT2D eigenvalue weighted by Crippen LogP contribution is -2.51. The summed E-state index contributed by atoms with van der Waals surface area (Å²) in [5.74, 6) is -0.218. The van der Waals surface area contributed by atoms with Gasteiger partial charge in [-0.3, -0.25) is 9.69 Å². The number of imide groups is 1. The Morgan fingerprint density at radius 1 is 1.25 bits per heavy atom. The van der Waals surface area contributed by atoms with E-state index in [1.165, 1.54) is 11.0 Å². The summed E-state index contributed by atoms with van der Waals surface area (Å²) >= 11 is 0. The van der Waals surface area contributed by atoms with Gasteiger partial charge in [0, 0.05) is 19.6 Å². The maximum atomic E-state index is 12.1. The summed E-state index contributed by atoms with van der Waals surface area (Å²) < 4.78 is 0. The lowest BCUT2D eigenvalue weighted by Gasteiger charge is -2.33. The van der Waals surface area contributed by atoms with Crippen molar-refractivity contribution in [1.29, 1.82) is 0 Å². The molecule has 1 fully saturated rings. The van der Waals surface area contributed by atoms with E-state index >= 15 is 0 Å². The summed E-state index contributed by atoms with van der Waals surface area (Å²) in [5.41, 5.74) is 1.15. The third-order valence-corrected chi connectivity index (χ3v) is 3.42. The van der Waals surface area contributed by atoms with Crippen molar-refractivity contribution < 1.29 is 9.59 Å². The van der Waals surface area contributed by atoms with Crippen LogP contribution in [0.3, 0.4) is 0 Å². The molecular formula is C16H20N2O2. The second kappa shape index (κ2) is 6.89. The van der Waals surface area contributed by atoms with E-state index in [9.17, 15) is 9.59 Å². The van der Waals surface area contributed by atoms with Gasteiger partial charge < -0.3 is 4.90 Å². The number of hydrogen-bond acceptors (Lipinski definition) is 2. The van der Waals surface area contributed by atoms with E-state index in [1.807, 2.05) is 43.3 Å². The molecule has 4 heteroatoms. The number of urea groups is 1. The average molecular weight is 272 g/mol. The van der Waals surface area contributed by atoms with E-state index in [4.69, 9.17) is 0 Å². The van der Waals surface area contributed by atoms with E-state index in [0.29, 0.717) is 19.5 Å². The highest BCUT2D eigenvalue weighted by Gasteiger charge is 2.27. The minimum absolute atomic E-state index is 0.173. The number of benzene rings is 1. The molecule has 1 aromatic rings. The van der Waals surface area contributed by atoms with Crippen molar-refractivity contribution in [3.05, 3.63) is 48.0 Å². The van der Waals surface area contributed by atoms with Gasteiger partial charge in [-0.25, -0.2) is 4.79 Å². The number of carbonyl (C=O) groups is 2. The van der Waals surface area contributed by atoms with Crippen LogP contribution < -0.4 is 0 Å². The molecule has 4 nitrogen and oxygen atoms in total. The highest BCUT2D eigenvalue weighted by Crippen LogP contribution is 2.10. The summed E-state index contributed by atoms with van der Waals surface area (Å²) in [5, 5.41) is 0. The molecule has 1 aliphatic rings. The summed E-state index contributed by atoms with van der Waals surface area (Å²) in [6.07, 6.45) is 4.86. The lowest BCUT2D eigenvalue weighted by atomic mass is 10.1. The fourth-order valence-electron chi connectivity index (χ4n) is 2.28. The van der Waals surface area contributed by atoms with Gasteiger partial charge in [0.05, 0.1) is 0 Å². The first-order valence-corrected chi connectivity index (χ1v) is 7.03. The van der Waals surface area contributed by atoms with Gasteiger partial charge >= 0.3 is 6.03 Å². The number of carbonyl (C=O) groups excluding carboxylic acids is 2. The van der Waals surface area contributed by atoms with Crippen molar-refractivity contribution in [3.8, 4) is 0 Å². The molecule has 1 aliphatic heterocycles. The fourth-order valence-corrected chi connectivity index (χ4v) is 2.28. The van der Waals surface area contributed by atoms with Gasteiger partial charge in [0.25, 0.3) is 5.91 Å². The summed E-state index contributed by atoms with van der Waals surface area (Å²) in [6, 6.07) is 9.76. The Balaban J connectivity index is 1.92. The molecule has 0 N–H and O–H groups in total. The van der Waals surface area contributed by atoms with Gasteiger partial charge in [-0.1, -0.05) is 36.4 Å². The zero-order valence-corrected chi connectivity index (χ0v) is 11.8. The molecule has 106 valence electrons. The van der Waals surface area contributed by atoms with Gasteiger partial charge in [-0.2, -0.15) is 0 Å². The molecule has 3 amide bonds. The second-order valence-electron chi connectivity index (χ2n) is 4.80. The predicted octanol–water partition coefficient (Wildman–Crippen LogP) is 2.46. The fraction of sp³-hybridized carbons (Fsp3) is 0.375. The summed E-state index contributed by atoms with van der Waals surface area (Å²) in [4.78, 5) is 27.1. The Labute approximate surface area is 119 Å². The van der Waals surface area contributed by atoms with Gasteiger partial charge in [-0.05, 0) is 31.4 Å². The molecule has 0 saturated carbocycles. The Bertz CT molecular complexity index is 496. The molecule has 1 saturated heterocycles. The van der Waals surface area contributed by atoms with Crippen molar-refractivity contribution in [2.45, 2.75) is 19.8 Å². The van der Waals surface area contributed by atoms with Gasteiger partial charge in [0.2, 0.25) is 0 Å². The molecule has 2 rings (SSSR count). The molecule has 0 aliphatic carbocycles. The van der Waals surface area contributed by atoms with E-state index in [2.05, 4.69) is 0 Å². The molecule has 20 heavy (non-hydrogen) atoms. The number of amides is 3. The first kappa shape index (κ1) is 14.3. The first-order valence-electron chi connectivity index (χ1n) is 7.03. The zero-order valence-electron chi connectivity index (χ0n) is 11.8. The van der Waals surface area contributed by atoms with E-state index < -0.39 is 0 Å². The monoisotopic (exact) mass is 272 g/mol. The highest BCUT2D eigenvalue weighted by atomic mass is 16.2. The van der Waals surface area contributed by atoms with Crippen LogP contribution in [0.25, 0.3) is 0 Å². The predicted molar refractivity (Wildman–Crippen MR) is 78.3 cm³/mol. The summed E-state index contributed by atoms with van der Waals surface area (Å²) in [6.45, 7) is 3.84. The van der Waals surface area contributed by atoms with E-state index in [0.717, 1.165) is 18.5 Å². The van der Waals surface area contributed by atoms with Crippen molar-refractivity contribution in [3.63, 3.8) is 0 Å². The Morgan fingerprint density at radius 2 is 2.00 bits per heavy atom. The zero-order chi connectivity index (χ0) is 14.4. The van der Waals surface area contributed by atoms with Crippen molar-refractivity contribution in [2.24, 2.45) is 0 Å². The average Bonchev–Trinajstić information content (AvgIpc) is 2.48. The van der Waals surface area contributed by atoms with Crippen molar-refractivity contribution >= 4 is 11.9 Å². The molecule has 0 aromatic heterocycles. The van der Waals surface area contributed by atoms with Gasteiger partial charge in [0.1, 0.15) is 0 Å². The topological polar surface area (TPSA) is 40.6 Å². The number of hydrogen-bond donors (Lipinski definition) is 0. The van der Waals surface area contributed by atoms with Crippen LogP contribution in [0.1, 0.15) is 18.9 Å². The van der Waals surface area contributed by atoms with Crippen molar-refractivity contribution in [1.82, 2.24) is 9.80 Å². The first-order chi connectivity index (χ1) is 9.72. The maximum absolute atomic E-state index is 12.1. The van der Waals surface area contributed by atoms with Crippen molar-refractivity contribution in [2.75, 3.05) is 19.6 Å². The van der Waals surface area contributed by atoms with Crippen LogP contribution in [0.15, 0.2) is 42.5 Å². The van der Waals surface area contributed by atoms with Crippen LogP contribution in [-0.2, 0) is 11.2 Å². The summed E-state index contributed by atoms with van der Waals surface area (Å²) in [7, 11) is 0. The maximum Gasteiger partial charge on any atom is 0.326 e. The molecule has 0 radical (unpaired) electrons.